The van der Waals surface area contributed by atoms with Crippen molar-refractivity contribution in [3.63, 3.8) is 0 Å². The molecule has 0 aliphatic rings. The lowest BCUT2D eigenvalue weighted by Gasteiger charge is -2.18. The van der Waals surface area contributed by atoms with Crippen molar-refractivity contribution in [2.75, 3.05) is 4.90 Å². The highest BCUT2D eigenvalue weighted by molar-refractivity contribution is 6.16. The smallest absolute Gasteiger partial charge is 0.299 e. The molecule has 0 saturated carbocycles. The van der Waals surface area contributed by atoms with Crippen LogP contribution in [0, 0.1) is 34.1 Å². The predicted octanol–water partition coefficient (Wildman–Crippen LogP) is 4.72. The summed E-state index contributed by atoms with van der Waals surface area (Å²) < 4.78 is 5.17. The molecule has 1 aromatic heterocycles. The van der Waals surface area contributed by atoms with Crippen LogP contribution >= 0.6 is 0 Å². The Labute approximate surface area is 170 Å². The molecule has 0 fully saturated rings. The third kappa shape index (κ3) is 3.92. The lowest BCUT2D eigenvalue weighted by molar-refractivity contribution is -0.385. The zero-order valence-electron chi connectivity index (χ0n) is 16.0. The minimum Gasteiger partial charge on any atom is -0.459 e. The van der Waals surface area contributed by atoms with Crippen molar-refractivity contribution >= 4 is 35.0 Å². The number of nitrogens with zero attached hydrogens (tertiary/aromatic N) is 4. The van der Waals surface area contributed by atoms with Gasteiger partial charge in [-0.25, -0.2) is 4.99 Å². The second-order valence-electron chi connectivity index (χ2n) is 6.25. The Morgan fingerprint density at radius 3 is 2.20 bits per heavy atom. The van der Waals surface area contributed by atoms with Gasteiger partial charge in [0.05, 0.1) is 38.6 Å². The number of furan rings is 1. The van der Waals surface area contributed by atoms with E-state index in [-0.39, 0.29) is 34.1 Å². The zero-order chi connectivity index (χ0) is 21.8. The Bertz CT molecular complexity index is 1150. The first-order valence-electron chi connectivity index (χ1n) is 8.70. The standard InChI is InChI=1S/C20H16N4O6/c1-13-15(6-3-8-17(13)23(26)27)21-12-22(20(25)19-10-5-11-30-19)16-7-4-9-18(14(16)2)24(28)29/h3-12H,1-2H3. The number of anilines is 1. The van der Waals surface area contributed by atoms with Crippen molar-refractivity contribution in [3.8, 4) is 0 Å². The number of rotatable bonds is 6. The number of hydrogen-bond donors (Lipinski definition) is 0. The minimum absolute atomic E-state index is 0.00289. The van der Waals surface area contributed by atoms with Crippen LogP contribution in [0.2, 0.25) is 0 Å². The van der Waals surface area contributed by atoms with E-state index in [1.165, 1.54) is 62.0 Å². The Balaban J connectivity index is 2.11. The summed E-state index contributed by atoms with van der Waals surface area (Å²) in [5.41, 5.74) is 0.816. The molecule has 0 aliphatic carbocycles. The summed E-state index contributed by atoms with van der Waals surface area (Å²) in [7, 11) is 0. The van der Waals surface area contributed by atoms with Crippen molar-refractivity contribution in [2.45, 2.75) is 13.8 Å². The Kier molecular flexibility index (Phi) is 5.68. The summed E-state index contributed by atoms with van der Waals surface area (Å²) in [5.74, 6) is -0.599. The zero-order valence-corrected chi connectivity index (χ0v) is 16.0. The van der Waals surface area contributed by atoms with Gasteiger partial charge in [0.1, 0.15) is 6.34 Å². The average Bonchev–Trinajstić information content (AvgIpc) is 3.24. The Hall–Kier alpha value is -4.34. The number of aliphatic imine (C=N–C) groups is 1. The van der Waals surface area contributed by atoms with Gasteiger partial charge in [0.15, 0.2) is 5.76 Å². The maximum atomic E-state index is 13.0. The minimum atomic E-state index is -0.601. The second-order valence-corrected chi connectivity index (χ2v) is 6.25. The van der Waals surface area contributed by atoms with E-state index in [0.29, 0.717) is 5.56 Å². The first-order valence-corrected chi connectivity index (χ1v) is 8.70. The molecular weight excluding hydrogens is 392 g/mol. The fraction of sp³-hybridized carbons (Fsp3) is 0.100. The highest BCUT2D eigenvalue weighted by Crippen LogP contribution is 2.30. The van der Waals surface area contributed by atoms with Gasteiger partial charge in [0.25, 0.3) is 17.3 Å². The molecule has 0 spiro atoms. The van der Waals surface area contributed by atoms with E-state index in [2.05, 4.69) is 4.99 Å². The third-order valence-electron chi connectivity index (χ3n) is 4.47. The average molecular weight is 408 g/mol. The van der Waals surface area contributed by atoms with E-state index in [1.54, 1.807) is 13.0 Å². The monoisotopic (exact) mass is 408 g/mol. The van der Waals surface area contributed by atoms with Crippen LogP contribution < -0.4 is 4.90 Å². The molecule has 10 nitrogen and oxygen atoms in total. The molecule has 0 atom stereocenters. The fourth-order valence-electron chi connectivity index (χ4n) is 2.88. The third-order valence-corrected chi connectivity index (χ3v) is 4.47. The van der Waals surface area contributed by atoms with Crippen LogP contribution in [0.4, 0.5) is 22.7 Å². The molecule has 2 aromatic carbocycles. The number of amides is 1. The molecule has 1 amide bonds. The summed E-state index contributed by atoms with van der Waals surface area (Å²) in [6, 6.07) is 11.7. The number of nitro benzene ring substituents is 2. The van der Waals surface area contributed by atoms with Crippen molar-refractivity contribution in [1.82, 2.24) is 0 Å². The van der Waals surface area contributed by atoms with Crippen molar-refractivity contribution in [3.05, 3.63) is 91.9 Å². The van der Waals surface area contributed by atoms with Gasteiger partial charge in [-0.15, -0.1) is 0 Å². The number of carbonyl (C=O) groups excluding carboxylic acids is 1. The van der Waals surface area contributed by atoms with Gasteiger partial charge in [-0.05, 0) is 38.1 Å². The van der Waals surface area contributed by atoms with E-state index < -0.39 is 15.8 Å². The molecular formula is C20H16N4O6. The van der Waals surface area contributed by atoms with Crippen molar-refractivity contribution < 1.29 is 19.1 Å². The highest BCUT2D eigenvalue weighted by atomic mass is 16.6. The molecule has 0 radical (unpaired) electrons. The van der Waals surface area contributed by atoms with Crippen LogP contribution in [0.5, 0.6) is 0 Å². The van der Waals surface area contributed by atoms with Gasteiger partial charge < -0.3 is 4.42 Å². The molecule has 10 heteroatoms. The van der Waals surface area contributed by atoms with E-state index in [1.807, 2.05) is 0 Å². The van der Waals surface area contributed by atoms with Crippen LogP contribution in [-0.4, -0.2) is 22.1 Å². The maximum Gasteiger partial charge on any atom is 0.299 e. The van der Waals surface area contributed by atoms with E-state index in [9.17, 15) is 25.0 Å². The summed E-state index contributed by atoms with van der Waals surface area (Å²) in [5, 5.41) is 22.5. The molecule has 30 heavy (non-hydrogen) atoms. The predicted molar refractivity (Wildman–Crippen MR) is 109 cm³/mol. The van der Waals surface area contributed by atoms with Crippen LogP contribution in [0.1, 0.15) is 21.7 Å². The van der Waals surface area contributed by atoms with E-state index >= 15 is 0 Å². The molecule has 0 bridgehead atoms. The molecule has 3 aromatic rings. The Morgan fingerprint density at radius 1 is 0.967 bits per heavy atom. The van der Waals surface area contributed by atoms with Crippen LogP contribution in [0.3, 0.4) is 0 Å². The topological polar surface area (TPSA) is 132 Å². The maximum absolute atomic E-state index is 13.0. The summed E-state index contributed by atoms with van der Waals surface area (Å²) in [4.78, 5) is 39.7. The van der Waals surface area contributed by atoms with Gasteiger partial charge in [0, 0.05) is 12.1 Å². The summed E-state index contributed by atoms with van der Waals surface area (Å²) >= 11 is 0. The summed E-state index contributed by atoms with van der Waals surface area (Å²) in [6.45, 7) is 3.06. The van der Waals surface area contributed by atoms with Gasteiger partial charge in [-0.1, -0.05) is 12.1 Å². The van der Waals surface area contributed by atoms with Crippen LogP contribution in [0.25, 0.3) is 0 Å². The molecule has 0 aliphatic heterocycles. The largest absolute Gasteiger partial charge is 0.459 e. The molecule has 152 valence electrons. The molecule has 3 rings (SSSR count). The highest BCUT2D eigenvalue weighted by Gasteiger charge is 2.24. The normalized spacial score (nSPS) is 10.9. The van der Waals surface area contributed by atoms with Crippen molar-refractivity contribution in [1.29, 1.82) is 0 Å². The van der Waals surface area contributed by atoms with Crippen molar-refractivity contribution in [2.24, 2.45) is 4.99 Å². The number of carbonyl (C=O) groups is 1. The molecule has 1 heterocycles. The second kappa shape index (κ2) is 8.35. The lowest BCUT2D eigenvalue weighted by atomic mass is 10.1. The Morgan fingerprint density at radius 2 is 1.60 bits per heavy atom. The van der Waals surface area contributed by atoms with E-state index in [4.69, 9.17) is 4.42 Å². The van der Waals surface area contributed by atoms with Crippen LogP contribution in [0.15, 0.2) is 64.2 Å². The molecule has 0 unspecified atom stereocenters. The molecule has 0 saturated heterocycles. The number of hydrogen-bond acceptors (Lipinski definition) is 7. The van der Waals surface area contributed by atoms with Gasteiger partial charge in [-0.3, -0.25) is 29.9 Å². The van der Waals surface area contributed by atoms with E-state index in [0.717, 1.165) is 4.90 Å². The summed E-state index contributed by atoms with van der Waals surface area (Å²) in [6.07, 6.45) is 2.50. The fourth-order valence-corrected chi connectivity index (χ4v) is 2.88. The molecule has 0 N–H and O–H groups in total. The number of benzene rings is 2. The van der Waals surface area contributed by atoms with Gasteiger partial charge in [-0.2, -0.15) is 0 Å². The first kappa shape index (κ1) is 20.4. The lowest BCUT2D eigenvalue weighted by Crippen LogP contribution is -2.30. The van der Waals surface area contributed by atoms with Gasteiger partial charge >= 0.3 is 0 Å². The van der Waals surface area contributed by atoms with Crippen LogP contribution in [-0.2, 0) is 0 Å². The van der Waals surface area contributed by atoms with Gasteiger partial charge in [0.2, 0.25) is 0 Å². The SMILES string of the molecule is Cc1c(N=CN(C(=O)c2ccco2)c2cccc([N+](=O)[O-])c2C)cccc1[N+](=O)[O-]. The first-order chi connectivity index (χ1) is 14.3. The number of nitro groups is 2. The quantitative estimate of drug-likeness (QED) is 0.251.